The highest BCUT2D eigenvalue weighted by Crippen LogP contribution is 2.33. The fourth-order valence-corrected chi connectivity index (χ4v) is 3.74. The lowest BCUT2D eigenvalue weighted by Crippen LogP contribution is -2.05. The van der Waals surface area contributed by atoms with Crippen LogP contribution in [0.1, 0.15) is 96.5 Å². The van der Waals surface area contributed by atoms with Crippen molar-refractivity contribution in [3.8, 4) is 5.75 Å². The van der Waals surface area contributed by atoms with Crippen LogP contribution in [0.25, 0.3) is 5.57 Å². The van der Waals surface area contributed by atoms with E-state index >= 15 is 0 Å². The Morgan fingerprint density at radius 3 is 2.28 bits per heavy atom. The van der Waals surface area contributed by atoms with Crippen molar-refractivity contribution in [1.29, 1.82) is 0 Å². The summed E-state index contributed by atoms with van der Waals surface area (Å²) in [5, 5.41) is 0. The maximum Gasteiger partial charge on any atom is 0.119 e. The van der Waals surface area contributed by atoms with E-state index in [1.54, 1.807) is 0 Å². The van der Waals surface area contributed by atoms with Crippen LogP contribution in [-0.4, -0.2) is 6.61 Å². The lowest BCUT2D eigenvalue weighted by Gasteiger charge is -2.22. The summed E-state index contributed by atoms with van der Waals surface area (Å²) in [7, 11) is 0. The molecule has 25 heavy (non-hydrogen) atoms. The van der Waals surface area contributed by atoms with Crippen LogP contribution in [0.5, 0.6) is 5.75 Å². The molecule has 0 spiro atoms. The number of rotatable bonds is 12. The molecule has 1 aromatic rings. The van der Waals surface area contributed by atoms with Gasteiger partial charge in [-0.2, -0.15) is 0 Å². The van der Waals surface area contributed by atoms with Crippen LogP contribution < -0.4 is 4.74 Å². The molecule has 0 bridgehead atoms. The summed E-state index contributed by atoms with van der Waals surface area (Å²) in [6.45, 7) is 5.41. The van der Waals surface area contributed by atoms with Crippen molar-refractivity contribution in [2.24, 2.45) is 5.92 Å². The van der Waals surface area contributed by atoms with Crippen molar-refractivity contribution < 1.29 is 4.74 Å². The van der Waals surface area contributed by atoms with E-state index in [0.29, 0.717) is 0 Å². The standard InChI is InChI=1S/C24H38O/c1-3-5-7-8-9-10-20-25-24-18-16-23(17-19-24)22-14-12-21(13-15-22)11-6-4-2/h14,16-19,21H,3-13,15,20H2,1-2H3. The molecular formula is C24H38O. The first-order chi connectivity index (χ1) is 12.3. The molecule has 0 saturated heterocycles. The van der Waals surface area contributed by atoms with Gasteiger partial charge >= 0.3 is 0 Å². The minimum Gasteiger partial charge on any atom is -0.494 e. The highest BCUT2D eigenvalue weighted by atomic mass is 16.5. The van der Waals surface area contributed by atoms with Crippen LogP contribution in [0.4, 0.5) is 0 Å². The molecule has 0 aromatic heterocycles. The molecule has 2 rings (SSSR count). The minimum absolute atomic E-state index is 0.854. The third-order valence-corrected chi connectivity index (χ3v) is 5.48. The Morgan fingerprint density at radius 2 is 1.60 bits per heavy atom. The molecule has 0 N–H and O–H groups in total. The number of unbranched alkanes of at least 4 members (excludes halogenated alkanes) is 6. The third kappa shape index (κ3) is 7.67. The molecule has 1 aliphatic carbocycles. The predicted molar refractivity (Wildman–Crippen MR) is 110 cm³/mol. The van der Waals surface area contributed by atoms with E-state index in [4.69, 9.17) is 4.74 Å². The number of hydrogen-bond acceptors (Lipinski definition) is 1. The predicted octanol–water partition coefficient (Wildman–Crippen LogP) is 7.80. The van der Waals surface area contributed by atoms with Gasteiger partial charge in [0.15, 0.2) is 0 Å². The Kier molecular flexibility index (Phi) is 9.77. The molecule has 0 heterocycles. The summed E-state index contributed by atoms with van der Waals surface area (Å²) in [6.07, 6.45) is 18.4. The van der Waals surface area contributed by atoms with E-state index in [-0.39, 0.29) is 0 Å². The quantitative estimate of drug-likeness (QED) is 0.352. The smallest absolute Gasteiger partial charge is 0.119 e. The summed E-state index contributed by atoms with van der Waals surface area (Å²) in [4.78, 5) is 0. The Labute approximate surface area is 155 Å². The fraction of sp³-hybridized carbons (Fsp3) is 0.667. The second-order valence-electron chi connectivity index (χ2n) is 7.65. The second-order valence-corrected chi connectivity index (χ2v) is 7.65. The minimum atomic E-state index is 0.854. The first-order valence-electron chi connectivity index (χ1n) is 10.8. The summed E-state index contributed by atoms with van der Waals surface area (Å²) in [6, 6.07) is 8.79. The van der Waals surface area contributed by atoms with E-state index in [1.165, 1.54) is 88.2 Å². The Morgan fingerprint density at radius 1 is 0.880 bits per heavy atom. The van der Waals surface area contributed by atoms with Gasteiger partial charge < -0.3 is 4.74 Å². The summed E-state index contributed by atoms with van der Waals surface area (Å²) < 4.78 is 5.90. The maximum absolute atomic E-state index is 5.90. The molecular weight excluding hydrogens is 304 g/mol. The highest BCUT2D eigenvalue weighted by Gasteiger charge is 2.14. The molecule has 1 unspecified atom stereocenters. The first-order valence-corrected chi connectivity index (χ1v) is 10.8. The van der Waals surface area contributed by atoms with Gasteiger partial charge in [-0.25, -0.2) is 0 Å². The van der Waals surface area contributed by atoms with Crippen LogP contribution >= 0.6 is 0 Å². The van der Waals surface area contributed by atoms with Crippen molar-refractivity contribution >= 4 is 5.57 Å². The Bertz CT molecular complexity index is 485. The third-order valence-electron chi connectivity index (χ3n) is 5.48. The lowest BCUT2D eigenvalue weighted by molar-refractivity contribution is 0.304. The monoisotopic (exact) mass is 342 g/mol. The van der Waals surface area contributed by atoms with Gasteiger partial charge in [-0.3, -0.25) is 0 Å². The van der Waals surface area contributed by atoms with Crippen molar-refractivity contribution in [1.82, 2.24) is 0 Å². The summed E-state index contributed by atoms with van der Waals surface area (Å²) in [5.41, 5.74) is 2.93. The molecule has 0 fully saturated rings. The van der Waals surface area contributed by atoms with E-state index in [9.17, 15) is 0 Å². The zero-order valence-corrected chi connectivity index (χ0v) is 16.6. The zero-order valence-electron chi connectivity index (χ0n) is 16.6. The van der Waals surface area contributed by atoms with Gasteiger partial charge in [0.25, 0.3) is 0 Å². The number of allylic oxidation sites excluding steroid dienone is 2. The van der Waals surface area contributed by atoms with Gasteiger partial charge in [0.1, 0.15) is 5.75 Å². The van der Waals surface area contributed by atoms with Crippen LogP contribution in [0.15, 0.2) is 30.3 Å². The van der Waals surface area contributed by atoms with Gasteiger partial charge in [-0.05, 0) is 54.9 Å². The molecule has 1 nitrogen and oxygen atoms in total. The molecule has 1 aromatic carbocycles. The number of ether oxygens (including phenoxy) is 1. The van der Waals surface area contributed by atoms with Gasteiger partial charge in [-0.1, -0.05) is 83.4 Å². The van der Waals surface area contributed by atoms with Gasteiger partial charge in [0.2, 0.25) is 0 Å². The molecule has 140 valence electrons. The molecule has 0 aliphatic heterocycles. The van der Waals surface area contributed by atoms with Gasteiger partial charge in [0, 0.05) is 0 Å². The average Bonchev–Trinajstić information content (AvgIpc) is 2.66. The first kappa shape index (κ1) is 20.1. The van der Waals surface area contributed by atoms with E-state index in [1.807, 2.05) is 0 Å². The largest absolute Gasteiger partial charge is 0.494 e. The van der Waals surface area contributed by atoms with Crippen LogP contribution in [0, 0.1) is 5.92 Å². The van der Waals surface area contributed by atoms with E-state index < -0.39 is 0 Å². The molecule has 1 heteroatoms. The SMILES string of the molecule is CCCCCCCCOc1ccc(C2=CCC(CCCC)CC2)cc1. The van der Waals surface area contributed by atoms with Crippen LogP contribution in [0.3, 0.4) is 0 Å². The van der Waals surface area contributed by atoms with E-state index in [0.717, 1.165) is 18.3 Å². The maximum atomic E-state index is 5.90. The molecule has 0 radical (unpaired) electrons. The highest BCUT2D eigenvalue weighted by molar-refractivity contribution is 5.66. The summed E-state index contributed by atoms with van der Waals surface area (Å²) >= 11 is 0. The topological polar surface area (TPSA) is 9.23 Å². The number of hydrogen-bond donors (Lipinski definition) is 0. The Balaban J connectivity index is 1.68. The fourth-order valence-electron chi connectivity index (χ4n) is 3.74. The van der Waals surface area contributed by atoms with Crippen molar-refractivity contribution in [2.75, 3.05) is 6.61 Å². The molecule has 1 aliphatic rings. The van der Waals surface area contributed by atoms with Crippen molar-refractivity contribution in [3.63, 3.8) is 0 Å². The molecule has 1 atom stereocenters. The average molecular weight is 343 g/mol. The zero-order chi connectivity index (χ0) is 17.7. The number of benzene rings is 1. The van der Waals surface area contributed by atoms with E-state index in [2.05, 4.69) is 44.2 Å². The normalized spacial score (nSPS) is 17.4. The lowest BCUT2D eigenvalue weighted by atomic mass is 9.84. The van der Waals surface area contributed by atoms with Crippen molar-refractivity contribution in [2.45, 2.75) is 90.9 Å². The van der Waals surface area contributed by atoms with Crippen LogP contribution in [-0.2, 0) is 0 Å². The molecule has 0 saturated carbocycles. The van der Waals surface area contributed by atoms with Crippen molar-refractivity contribution in [3.05, 3.63) is 35.9 Å². The second kappa shape index (κ2) is 12.2. The molecule has 0 amide bonds. The van der Waals surface area contributed by atoms with Crippen LogP contribution in [0.2, 0.25) is 0 Å². The van der Waals surface area contributed by atoms with Gasteiger partial charge in [0.05, 0.1) is 6.61 Å². The van der Waals surface area contributed by atoms with Gasteiger partial charge in [-0.15, -0.1) is 0 Å². The Hall–Kier alpha value is -1.24. The summed E-state index contributed by atoms with van der Waals surface area (Å²) in [5.74, 6) is 1.94.